The van der Waals surface area contributed by atoms with Gasteiger partial charge in [0.25, 0.3) is 5.91 Å². The second kappa shape index (κ2) is 14.2. The number of fused-ring (bicyclic) bond motifs is 1. The number of amides is 3. The molecule has 10 nitrogen and oxygen atoms in total. The zero-order valence-electron chi connectivity index (χ0n) is 27.9. The van der Waals surface area contributed by atoms with Crippen LogP contribution in [0, 0.1) is 0 Å². The molecule has 3 aliphatic rings. The molecule has 0 unspecified atom stereocenters. The first-order valence-corrected chi connectivity index (χ1v) is 17.2. The van der Waals surface area contributed by atoms with Gasteiger partial charge in [-0.25, -0.2) is 9.59 Å². The lowest BCUT2D eigenvalue weighted by molar-refractivity contribution is -0.153. The number of benzene rings is 3. The average Bonchev–Trinajstić information content (AvgIpc) is 3.43. The third kappa shape index (κ3) is 7.51. The molecule has 3 aromatic rings. The molecule has 254 valence electrons. The van der Waals surface area contributed by atoms with Crippen LogP contribution < -0.4 is 10.1 Å². The first-order valence-electron chi connectivity index (χ1n) is 16.1. The van der Waals surface area contributed by atoms with Gasteiger partial charge in [-0.3, -0.25) is 14.5 Å². The molecule has 0 spiro atoms. The Kier molecular flexibility index (Phi) is 9.82. The number of carbonyl (C=O) groups is 4. The Balaban J connectivity index is 1.31. The summed E-state index contributed by atoms with van der Waals surface area (Å²) in [6, 6.07) is 25.5. The van der Waals surface area contributed by atoms with Crippen LogP contribution in [0.5, 0.6) is 5.75 Å². The minimum absolute atomic E-state index is 0.0711. The highest BCUT2D eigenvalue weighted by Crippen LogP contribution is 2.42. The third-order valence-corrected chi connectivity index (χ3v) is 9.69. The fourth-order valence-electron chi connectivity index (χ4n) is 6.04. The first-order chi connectivity index (χ1) is 23.5. The monoisotopic (exact) mass is 681 g/mol. The highest BCUT2D eigenvalue weighted by molar-refractivity contribution is 8.00. The topological polar surface area (TPSA) is 114 Å². The van der Waals surface area contributed by atoms with Crippen molar-refractivity contribution in [3.63, 3.8) is 0 Å². The second-order valence-corrected chi connectivity index (χ2v) is 14.1. The van der Waals surface area contributed by atoms with E-state index < -0.39 is 41.1 Å². The number of ether oxygens (including phenoxy) is 3. The van der Waals surface area contributed by atoms with E-state index in [1.54, 1.807) is 38.9 Å². The lowest BCUT2D eigenvalue weighted by Gasteiger charge is -2.49. The normalized spacial score (nSPS) is 19.9. The fourth-order valence-corrected chi connectivity index (χ4v) is 7.34. The number of hydrogen-bond donors (Lipinski definition) is 1. The van der Waals surface area contributed by atoms with Crippen molar-refractivity contribution >= 4 is 35.6 Å². The van der Waals surface area contributed by atoms with Gasteiger partial charge in [-0.1, -0.05) is 72.8 Å². The van der Waals surface area contributed by atoms with Crippen molar-refractivity contribution in [1.82, 2.24) is 15.1 Å². The van der Waals surface area contributed by atoms with Crippen LogP contribution in [0.4, 0.5) is 4.79 Å². The van der Waals surface area contributed by atoms with Gasteiger partial charge in [0.2, 0.25) is 5.91 Å². The lowest BCUT2D eigenvalue weighted by Crippen LogP contribution is -2.70. The van der Waals surface area contributed by atoms with Gasteiger partial charge in [-0.2, -0.15) is 0 Å². The van der Waals surface area contributed by atoms with E-state index in [2.05, 4.69) is 5.32 Å². The van der Waals surface area contributed by atoms with E-state index in [-0.39, 0.29) is 11.6 Å². The van der Waals surface area contributed by atoms with Gasteiger partial charge in [-0.05, 0) is 67.7 Å². The van der Waals surface area contributed by atoms with Crippen LogP contribution in [0.2, 0.25) is 0 Å². The van der Waals surface area contributed by atoms with Crippen molar-refractivity contribution < 1.29 is 33.4 Å². The number of thioether (sulfide) groups is 1. The lowest BCUT2D eigenvalue weighted by atomic mass is 10.00. The Labute approximate surface area is 290 Å². The molecule has 3 heterocycles. The summed E-state index contributed by atoms with van der Waals surface area (Å²) in [6.45, 7) is 6.18. The highest BCUT2D eigenvalue weighted by atomic mass is 32.2. The van der Waals surface area contributed by atoms with Crippen LogP contribution in [-0.4, -0.2) is 70.1 Å². The number of likely N-dealkylation sites (tertiary alicyclic amines) is 1. The molecule has 49 heavy (non-hydrogen) atoms. The smallest absolute Gasteiger partial charge is 0.408 e. The molecule has 1 N–H and O–H groups in total. The predicted octanol–water partition coefficient (Wildman–Crippen LogP) is 5.75. The van der Waals surface area contributed by atoms with Crippen molar-refractivity contribution in [1.29, 1.82) is 0 Å². The summed E-state index contributed by atoms with van der Waals surface area (Å²) >= 11 is 1.40. The van der Waals surface area contributed by atoms with Gasteiger partial charge in [0.15, 0.2) is 6.10 Å². The number of carbonyl (C=O) groups excluding carboxylic acids is 4. The van der Waals surface area contributed by atoms with Crippen LogP contribution in [0.25, 0.3) is 0 Å². The molecule has 0 aliphatic carbocycles. The standard InChI is InChI=1S/C38H39N3O7S/c1-38(2,3)48-37(45)39-30-34(43)41-31(36(44)47-32(25-11-7-5-8-12-25)26-13-9-6-10-14-26)28(23-49-35(30)41)21-27-19-20-40(33(27)42)22-24-15-17-29(46-4)18-16-24/h5-18,21,30,32,35H,19-20,22-23H2,1-4H3,(H,39,45)/b27-21+/t30-,35-/m1/s1. The third-order valence-electron chi connectivity index (χ3n) is 8.39. The SMILES string of the molecule is COc1ccc(CN2CC/C(=C\C3=C(C(=O)OC(c4ccccc4)c4ccccc4)N4C(=O)[C@@H](NC(=O)OC(C)(C)C)[C@H]4SC3)C2=O)cc1. The molecule has 2 fully saturated rings. The van der Waals surface area contributed by atoms with Gasteiger partial charge in [0, 0.05) is 24.4 Å². The molecule has 2 atom stereocenters. The summed E-state index contributed by atoms with van der Waals surface area (Å²) in [5, 5.41) is 2.12. The van der Waals surface area contributed by atoms with Crippen LogP contribution in [-0.2, 0) is 30.4 Å². The molecule has 3 amide bonds. The average molecular weight is 682 g/mol. The second-order valence-electron chi connectivity index (χ2n) is 13.0. The summed E-state index contributed by atoms with van der Waals surface area (Å²) in [5.41, 5.74) is 2.90. The van der Waals surface area contributed by atoms with Gasteiger partial charge in [0.1, 0.15) is 28.5 Å². The maximum Gasteiger partial charge on any atom is 0.408 e. The summed E-state index contributed by atoms with van der Waals surface area (Å²) in [4.78, 5) is 57.3. The van der Waals surface area contributed by atoms with E-state index in [9.17, 15) is 19.2 Å². The Bertz CT molecular complexity index is 1750. The van der Waals surface area contributed by atoms with E-state index in [1.807, 2.05) is 84.9 Å². The summed E-state index contributed by atoms with van der Waals surface area (Å²) in [6.07, 6.45) is 0.763. The highest BCUT2D eigenvalue weighted by Gasteiger charge is 2.55. The number of nitrogens with one attached hydrogen (secondary N) is 1. The van der Waals surface area contributed by atoms with Crippen molar-refractivity contribution in [3.05, 3.63) is 125 Å². The fraction of sp³-hybridized carbons (Fsp3) is 0.316. The van der Waals surface area contributed by atoms with E-state index in [0.717, 1.165) is 22.4 Å². The number of rotatable bonds is 9. The van der Waals surface area contributed by atoms with E-state index in [1.165, 1.54) is 16.7 Å². The van der Waals surface area contributed by atoms with E-state index >= 15 is 0 Å². The summed E-state index contributed by atoms with van der Waals surface area (Å²) in [7, 11) is 1.61. The van der Waals surface area contributed by atoms with Crippen molar-refractivity contribution in [2.45, 2.75) is 56.9 Å². The number of methoxy groups -OCH3 is 1. The number of nitrogens with zero attached hydrogens (tertiary/aromatic N) is 2. The predicted molar refractivity (Wildman–Crippen MR) is 185 cm³/mol. The first kappa shape index (κ1) is 33.9. The van der Waals surface area contributed by atoms with Crippen LogP contribution in [0.1, 0.15) is 50.0 Å². The van der Waals surface area contributed by atoms with Crippen LogP contribution in [0.3, 0.4) is 0 Å². The molecule has 0 bridgehead atoms. The zero-order valence-corrected chi connectivity index (χ0v) is 28.7. The van der Waals surface area contributed by atoms with Crippen molar-refractivity contribution in [2.75, 3.05) is 19.4 Å². The molecule has 11 heteroatoms. The van der Waals surface area contributed by atoms with E-state index in [0.29, 0.717) is 36.4 Å². The molecule has 6 rings (SSSR count). The van der Waals surface area contributed by atoms with Crippen LogP contribution >= 0.6 is 11.8 Å². The Morgan fingerprint density at radius 3 is 2.18 bits per heavy atom. The maximum absolute atomic E-state index is 14.3. The zero-order chi connectivity index (χ0) is 34.7. The molecule has 2 saturated heterocycles. The number of hydrogen-bond acceptors (Lipinski definition) is 8. The van der Waals surface area contributed by atoms with Crippen molar-refractivity contribution in [2.24, 2.45) is 0 Å². The van der Waals surface area contributed by atoms with E-state index in [4.69, 9.17) is 14.2 Å². The number of β-lactam (4-membered cyclic amide) rings is 1. The van der Waals surface area contributed by atoms with Gasteiger partial charge in [0.05, 0.1) is 7.11 Å². The number of allylic oxidation sites excluding steroid dienone is 1. The summed E-state index contributed by atoms with van der Waals surface area (Å²) in [5.74, 6) is -0.223. The summed E-state index contributed by atoms with van der Waals surface area (Å²) < 4.78 is 16.9. The molecular weight excluding hydrogens is 642 g/mol. The minimum atomic E-state index is -0.885. The van der Waals surface area contributed by atoms with Crippen molar-refractivity contribution in [3.8, 4) is 5.75 Å². The molecule has 0 radical (unpaired) electrons. The quantitative estimate of drug-likeness (QED) is 0.173. The molecular formula is C38H39N3O7S. The number of alkyl carbamates (subject to hydrolysis) is 1. The molecule has 3 aliphatic heterocycles. The number of esters is 1. The molecule has 3 aromatic carbocycles. The van der Waals surface area contributed by atoms with Gasteiger partial charge in [-0.15, -0.1) is 11.8 Å². The molecule has 0 aromatic heterocycles. The molecule has 0 saturated carbocycles. The maximum atomic E-state index is 14.3. The largest absolute Gasteiger partial charge is 0.497 e. The van der Waals surface area contributed by atoms with Gasteiger partial charge >= 0.3 is 12.1 Å². The van der Waals surface area contributed by atoms with Crippen LogP contribution in [0.15, 0.2) is 108 Å². The van der Waals surface area contributed by atoms with Gasteiger partial charge < -0.3 is 24.4 Å². The minimum Gasteiger partial charge on any atom is -0.497 e. The Morgan fingerprint density at radius 2 is 1.59 bits per heavy atom. The Hall–Kier alpha value is -5.03. The Morgan fingerprint density at radius 1 is 0.959 bits per heavy atom.